The number of nitrogens with zero attached hydrogens (tertiary/aromatic N) is 9. The van der Waals surface area contributed by atoms with Crippen molar-refractivity contribution in [3.63, 3.8) is 0 Å². The number of fused-ring (bicyclic) bond motifs is 3. The number of carboxylic acid groups (broad SMARTS) is 1. The molecule has 115 heavy (non-hydrogen) atoms. The molecule has 12 aromatic rings. The number of unbranched alkanes of at least 4 members (excludes halogenated alkanes) is 3. The Bertz CT molecular complexity index is 5720. The van der Waals surface area contributed by atoms with E-state index in [0.717, 1.165) is 39.7 Å². The SMILES string of the molecule is CCC[CH2][Sn]([CH2]CCC)([CH2]CCC)[c]1ncco1.Cc1c(-c2ncco2)sc2c1c(=O)n(C(C)(C)C(=O)O)c(=O)n2CCc1ccccc1.Cc1c(-c2ncco2)sc2c1c(=O)n(C(C)(C)C(=O)OC(C)(C)C)c(=O)n2CCc1ccccc1.Cc1c(Br)sc2c1c(=O)n(C(C)(C)C(=O)OC(C)(C)C)c(=O)n2CCc1ccccc1. The van der Waals surface area contributed by atoms with Crippen molar-refractivity contribution in [3.8, 4) is 21.5 Å². The number of esters is 2. The molecule has 614 valence electrons. The number of rotatable bonds is 27. The third-order valence-corrected chi connectivity index (χ3v) is 39.4. The van der Waals surface area contributed by atoms with Crippen molar-refractivity contribution >= 4 is 121 Å². The summed E-state index contributed by atoms with van der Waals surface area (Å²) in [5.41, 5.74) is -4.42. The normalized spacial score (nSPS) is 12.1. The van der Waals surface area contributed by atoms with Crippen LogP contribution in [0.15, 0.2) is 174 Å². The first-order chi connectivity index (χ1) is 54.3. The van der Waals surface area contributed by atoms with Gasteiger partial charge in [0.2, 0.25) is 11.8 Å². The van der Waals surface area contributed by atoms with Gasteiger partial charge < -0.3 is 23.4 Å². The van der Waals surface area contributed by atoms with Gasteiger partial charge in [-0.2, -0.15) is 0 Å². The van der Waals surface area contributed by atoms with Crippen LogP contribution in [0.5, 0.6) is 0 Å². The van der Waals surface area contributed by atoms with Gasteiger partial charge in [-0.1, -0.05) is 91.0 Å². The van der Waals surface area contributed by atoms with E-state index in [0.29, 0.717) is 102 Å². The molecule has 3 aromatic carbocycles. The van der Waals surface area contributed by atoms with E-state index in [1.54, 1.807) is 84.6 Å². The topological polar surface area (TPSA) is 300 Å². The van der Waals surface area contributed by atoms with Crippen molar-refractivity contribution in [2.75, 3.05) is 0 Å². The molecule has 0 spiro atoms. The number of carboxylic acids is 1. The van der Waals surface area contributed by atoms with Crippen LogP contribution < -0.4 is 37.7 Å². The van der Waals surface area contributed by atoms with E-state index in [1.807, 2.05) is 104 Å². The zero-order valence-corrected chi connectivity index (χ0v) is 75.9. The second-order valence-electron chi connectivity index (χ2n) is 32.2. The zero-order chi connectivity index (χ0) is 84.3. The van der Waals surface area contributed by atoms with Gasteiger partial charge in [0.25, 0.3) is 16.7 Å². The van der Waals surface area contributed by atoms with Gasteiger partial charge in [0.1, 0.15) is 54.8 Å². The minimum Gasteiger partial charge on any atom is -0.480 e. The zero-order valence-electron chi connectivity index (χ0n) is 69.0. The summed E-state index contributed by atoms with van der Waals surface area (Å²) in [5.74, 6) is -1.81. The van der Waals surface area contributed by atoms with E-state index in [2.05, 4.69) is 51.7 Å². The number of thiophene rings is 3. The quantitative estimate of drug-likeness (QED) is 0.0369. The number of benzene rings is 3. The van der Waals surface area contributed by atoms with Crippen LogP contribution in [0.3, 0.4) is 0 Å². The van der Waals surface area contributed by atoms with Gasteiger partial charge in [0, 0.05) is 19.6 Å². The molecule has 0 aliphatic rings. The van der Waals surface area contributed by atoms with Crippen LogP contribution in [0.4, 0.5) is 0 Å². The molecule has 0 aliphatic heterocycles. The Kier molecular flexibility index (Phi) is 29.6. The van der Waals surface area contributed by atoms with E-state index < -0.39 is 97.9 Å². The van der Waals surface area contributed by atoms with Gasteiger partial charge in [0.15, 0.2) is 0 Å². The second kappa shape index (κ2) is 37.9. The smallest absolute Gasteiger partial charge is 0.333 e. The summed E-state index contributed by atoms with van der Waals surface area (Å²) < 4.78 is 41.6. The molecule has 0 saturated heterocycles. The number of oxazole rings is 3. The summed E-state index contributed by atoms with van der Waals surface area (Å²) in [6, 6.07) is 29.3. The van der Waals surface area contributed by atoms with Crippen molar-refractivity contribution in [1.82, 2.24) is 42.4 Å². The molecule has 0 radical (unpaired) electrons. The molecule has 1 N–H and O–H groups in total. The summed E-state index contributed by atoms with van der Waals surface area (Å²) in [6.45, 7) is 32.7. The first-order valence-corrected chi connectivity index (χ1v) is 49.6. The Hall–Kier alpha value is -9.10. The number of aliphatic carboxylic acids is 1. The Labute approximate surface area is 692 Å². The molecule has 24 nitrogen and oxygen atoms in total. The number of carbonyl (C=O) groups excluding carboxylic acids is 2. The van der Waals surface area contributed by atoms with Crippen molar-refractivity contribution in [1.29, 1.82) is 0 Å². The average Bonchev–Trinajstić information content (AvgIpc) is 1.63. The molecule has 0 aliphatic carbocycles. The van der Waals surface area contributed by atoms with Gasteiger partial charge in [-0.3, -0.25) is 28.1 Å². The van der Waals surface area contributed by atoms with Crippen molar-refractivity contribution < 1.29 is 42.2 Å². The number of halogens is 1. The minimum atomic E-state index is -2.31. The molecule has 9 aromatic heterocycles. The van der Waals surface area contributed by atoms with Gasteiger partial charge in [-0.05, 0) is 172 Å². The van der Waals surface area contributed by atoms with Crippen LogP contribution >= 0.6 is 49.9 Å². The van der Waals surface area contributed by atoms with Gasteiger partial charge in [-0.25, -0.2) is 52.4 Å². The van der Waals surface area contributed by atoms with Crippen molar-refractivity contribution in [3.05, 3.63) is 228 Å². The predicted octanol–water partition coefficient (Wildman–Crippen LogP) is 17.1. The molecule has 0 saturated carbocycles. The molecule has 0 atom stereocenters. The third-order valence-electron chi connectivity index (χ3n) is 20.1. The van der Waals surface area contributed by atoms with Crippen molar-refractivity contribution in [2.24, 2.45) is 0 Å². The molecular weight excluding hydrogens is 1690 g/mol. The molecule has 0 amide bonds. The molecule has 9 heterocycles. The van der Waals surface area contributed by atoms with Crippen LogP contribution in [-0.2, 0) is 79.4 Å². The van der Waals surface area contributed by atoms with E-state index in [4.69, 9.17) is 22.7 Å². The summed E-state index contributed by atoms with van der Waals surface area (Å²) in [6.07, 6.45) is 19.3. The number of carbonyl (C=O) groups is 3. The minimum absolute atomic E-state index is 0.292. The number of aromatic nitrogens is 9. The van der Waals surface area contributed by atoms with Gasteiger partial charge in [-0.15, -0.1) is 34.0 Å². The maximum atomic E-state index is 13.8. The maximum Gasteiger partial charge on any atom is 0.333 e. The van der Waals surface area contributed by atoms with Crippen LogP contribution in [0.25, 0.3) is 52.2 Å². The fraction of sp³-hybridized carbons (Fsp3) is 0.442. The molecule has 12 rings (SSSR count). The molecule has 29 heteroatoms. The predicted molar refractivity (Wildman–Crippen MR) is 463 cm³/mol. The molecular formula is C86H106BrN9O15S3Sn. The van der Waals surface area contributed by atoms with E-state index in [9.17, 15) is 48.3 Å². The Morgan fingerprint density at radius 2 is 0.765 bits per heavy atom. The molecule has 0 unspecified atom stereocenters. The van der Waals surface area contributed by atoms with Crippen LogP contribution in [0.1, 0.15) is 176 Å². The summed E-state index contributed by atoms with van der Waals surface area (Å²) in [4.78, 5) is 135. The monoisotopic (exact) mass is 1800 g/mol. The second-order valence-corrected chi connectivity index (χ2v) is 49.3. The summed E-state index contributed by atoms with van der Waals surface area (Å²) in [7, 11) is 0. The van der Waals surface area contributed by atoms with Gasteiger partial charge in [0.05, 0.1) is 42.1 Å². The van der Waals surface area contributed by atoms with E-state index >= 15 is 0 Å². The fourth-order valence-corrected chi connectivity index (χ4v) is 32.5. The number of aryl methyl sites for hydroxylation is 9. The van der Waals surface area contributed by atoms with Gasteiger partial charge >= 0.3 is 152 Å². The van der Waals surface area contributed by atoms with Crippen LogP contribution in [0.2, 0.25) is 13.3 Å². The summed E-state index contributed by atoms with van der Waals surface area (Å²) >= 11 is 5.08. The first-order valence-electron chi connectivity index (χ1n) is 38.8. The van der Waals surface area contributed by atoms with E-state index in [-0.39, 0.29) is 0 Å². The average molecular weight is 1800 g/mol. The first kappa shape index (κ1) is 89.8. The Morgan fingerprint density at radius 1 is 0.452 bits per heavy atom. The van der Waals surface area contributed by atoms with E-state index in [1.165, 1.54) is 147 Å². The molecule has 0 fully saturated rings. The largest absolute Gasteiger partial charge is 0.480 e. The third kappa shape index (κ3) is 20.3. The van der Waals surface area contributed by atoms with Crippen LogP contribution in [0, 0.1) is 20.8 Å². The van der Waals surface area contributed by atoms with Crippen LogP contribution in [-0.4, -0.2) is 94.9 Å². The molecule has 0 bridgehead atoms. The number of ether oxygens (including phenoxy) is 2. The standard InChI is InChI=1S/C26H29N3O5S.C23H27BrN2O4S.C22H21N3O5S.3C4H9.C3H2NO.Sn/c1-16-18-21(30)29(26(5,6)23(31)34-25(2,3)4)24(32)28(14-12-17-10-8-7-9-11-17)22(18)35-19(16)20-27-13-15-33-20;1-14-16-18(27)26(23(5,6)20(28)30-22(2,3)4)21(29)25(19(16)31-17(14)24)13-12-15-10-8-7-9-11-15;1-13-15-18(26)25(22(2,3)20(27)28)21(29)24(11-9-14-7-5-4-6-8-14)19(15)31-16(13)17-23-10-12-30-17;3*1-3-4-2;1-2-5-3-4-1;/h7-11,13,15H,12,14H2,1-6H3;7-11H,12-13H2,1-6H3;4-8,10,12H,9,11H2,1-3H3,(H,27,28);3*1,3-4H2,2H3;1-2H;. The van der Waals surface area contributed by atoms with Crippen molar-refractivity contribution in [2.45, 2.75) is 243 Å². The maximum absolute atomic E-state index is 13.8. The Morgan fingerprint density at radius 3 is 1.06 bits per heavy atom. The number of hydrogen-bond donors (Lipinski definition) is 1. The summed E-state index contributed by atoms with van der Waals surface area (Å²) in [5, 5.41) is 10.8. The number of hydrogen-bond acceptors (Lipinski definition) is 20. The Balaban J connectivity index is 0.000000179. The fourth-order valence-electron chi connectivity index (χ4n) is 13.6.